The number of primary amides is 1. The molecule has 0 aliphatic carbocycles. The zero-order valence-electron chi connectivity index (χ0n) is 10.1. The van der Waals surface area contributed by atoms with Crippen LogP contribution in [0.1, 0.15) is 29.7 Å². The summed E-state index contributed by atoms with van der Waals surface area (Å²) in [6, 6.07) is 8.90. The standard InChI is InChI=1S/C13H10N2O4S/c14-11(16)7-1-3-8(4-2-7)15-12(17)9-5-6-10(20-9)13(18)19/h1-6H,(H2,14,16)(H,15,17)(H,18,19). The van der Waals surface area contributed by atoms with E-state index in [1.54, 1.807) is 12.1 Å². The van der Waals surface area contributed by atoms with Crippen LogP contribution >= 0.6 is 11.3 Å². The number of carboxylic acid groups (broad SMARTS) is 1. The van der Waals surface area contributed by atoms with Crippen molar-refractivity contribution in [3.05, 3.63) is 51.7 Å². The molecule has 0 bridgehead atoms. The van der Waals surface area contributed by atoms with Gasteiger partial charge in [-0.3, -0.25) is 9.59 Å². The fourth-order valence-electron chi connectivity index (χ4n) is 1.49. The molecule has 1 aromatic heterocycles. The molecule has 7 heteroatoms. The van der Waals surface area contributed by atoms with Gasteiger partial charge < -0.3 is 16.2 Å². The molecule has 1 aromatic carbocycles. The number of carbonyl (C=O) groups excluding carboxylic acids is 2. The lowest BCUT2D eigenvalue weighted by atomic mass is 10.2. The number of carbonyl (C=O) groups is 3. The smallest absolute Gasteiger partial charge is 0.345 e. The number of hydrogen-bond acceptors (Lipinski definition) is 4. The Kier molecular flexibility index (Phi) is 3.81. The fraction of sp³-hybridized carbons (Fsp3) is 0. The highest BCUT2D eigenvalue weighted by Crippen LogP contribution is 2.18. The largest absolute Gasteiger partial charge is 0.477 e. The molecule has 2 aromatic rings. The first kappa shape index (κ1) is 13.8. The van der Waals surface area contributed by atoms with E-state index in [0.29, 0.717) is 16.1 Å². The summed E-state index contributed by atoms with van der Waals surface area (Å²) in [5.74, 6) is -2.03. The molecule has 0 atom stereocenters. The third kappa shape index (κ3) is 3.01. The van der Waals surface area contributed by atoms with E-state index in [1.165, 1.54) is 24.3 Å². The SMILES string of the molecule is NC(=O)c1ccc(NC(=O)c2ccc(C(=O)O)s2)cc1. The molecule has 6 nitrogen and oxygen atoms in total. The minimum absolute atomic E-state index is 0.0965. The molecular formula is C13H10N2O4S. The molecule has 4 N–H and O–H groups in total. The molecular weight excluding hydrogens is 280 g/mol. The van der Waals surface area contributed by atoms with Gasteiger partial charge in [-0.15, -0.1) is 11.3 Å². The molecule has 2 amide bonds. The van der Waals surface area contributed by atoms with Gasteiger partial charge in [-0.1, -0.05) is 0 Å². The molecule has 0 saturated carbocycles. The molecule has 20 heavy (non-hydrogen) atoms. The summed E-state index contributed by atoms with van der Waals surface area (Å²) in [5.41, 5.74) is 5.94. The first-order chi connectivity index (χ1) is 9.47. The van der Waals surface area contributed by atoms with E-state index >= 15 is 0 Å². The van der Waals surface area contributed by atoms with Gasteiger partial charge in [-0.2, -0.15) is 0 Å². The van der Waals surface area contributed by atoms with Gasteiger partial charge in [0.15, 0.2) is 0 Å². The molecule has 0 saturated heterocycles. The van der Waals surface area contributed by atoms with E-state index in [1.807, 2.05) is 0 Å². The Morgan fingerprint density at radius 1 is 1.00 bits per heavy atom. The van der Waals surface area contributed by atoms with E-state index in [2.05, 4.69) is 5.32 Å². The zero-order chi connectivity index (χ0) is 14.7. The molecule has 0 aliphatic rings. The van der Waals surface area contributed by atoms with Gasteiger partial charge in [-0.05, 0) is 36.4 Å². The van der Waals surface area contributed by atoms with E-state index in [4.69, 9.17) is 10.8 Å². The van der Waals surface area contributed by atoms with Crippen LogP contribution in [0.15, 0.2) is 36.4 Å². The van der Waals surface area contributed by atoms with Crippen molar-refractivity contribution >= 4 is 34.8 Å². The van der Waals surface area contributed by atoms with Gasteiger partial charge >= 0.3 is 5.97 Å². The average molecular weight is 290 g/mol. The Morgan fingerprint density at radius 3 is 2.10 bits per heavy atom. The number of nitrogens with one attached hydrogen (secondary N) is 1. The number of hydrogen-bond donors (Lipinski definition) is 3. The van der Waals surface area contributed by atoms with Crippen LogP contribution in [0.4, 0.5) is 5.69 Å². The van der Waals surface area contributed by atoms with Gasteiger partial charge in [0.2, 0.25) is 5.91 Å². The molecule has 0 unspecified atom stereocenters. The molecule has 102 valence electrons. The first-order valence-corrected chi connectivity index (χ1v) is 6.33. The minimum Gasteiger partial charge on any atom is -0.477 e. The Morgan fingerprint density at radius 2 is 1.60 bits per heavy atom. The zero-order valence-corrected chi connectivity index (χ0v) is 10.9. The molecule has 2 rings (SSSR count). The Balaban J connectivity index is 2.10. The predicted octanol–water partition coefficient (Wildman–Crippen LogP) is 1.80. The highest BCUT2D eigenvalue weighted by atomic mass is 32.1. The summed E-state index contributed by atoms with van der Waals surface area (Å²) >= 11 is 0.891. The van der Waals surface area contributed by atoms with Gasteiger partial charge in [0.25, 0.3) is 5.91 Å². The van der Waals surface area contributed by atoms with Crippen LogP contribution in [0.2, 0.25) is 0 Å². The van der Waals surface area contributed by atoms with Crippen LogP contribution in [0.5, 0.6) is 0 Å². The van der Waals surface area contributed by atoms with Crippen LogP contribution in [-0.2, 0) is 0 Å². The summed E-state index contributed by atoms with van der Waals surface area (Å²) in [5, 5.41) is 11.4. The highest BCUT2D eigenvalue weighted by Gasteiger charge is 2.13. The number of nitrogens with two attached hydrogens (primary N) is 1. The lowest BCUT2D eigenvalue weighted by Gasteiger charge is -2.03. The van der Waals surface area contributed by atoms with Crippen molar-refractivity contribution < 1.29 is 19.5 Å². The summed E-state index contributed by atoms with van der Waals surface area (Å²) in [7, 11) is 0. The molecule has 0 aliphatic heterocycles. The topological polar surface area (TPSA) is 109 Å². The van der Waals surface area contributed by atoms with Gasteiger partial charge in [0, 0.05) is 11.3 Å². The lowest BCUT2D eigenvalue weighted by Crippen LogP contribution is -2.12. The van der Waals surface area contributed by atoms with Crippen molar-refractivity contribution in [1.29, 1.82) is 0 Å². The first-order valence-electron chi connectivity index (χ1n) is 5.51. The number of amides is 2. The van der Waals surface area contributed by atoms with Crippen LogP contribution in [0, 0.1) is 0 Å². The summed E-state index contributed by atoms with van der Waals surface area (Å²) in [4.78, 5) is 33.9. The maximum atomic E-state index is 11.9. The van der Waals surface area contributed by atoms with Crippen molar-refractivity contribution in [2.75, 3.05) is 5.32 Å². The highest BCUT2D eigenvalue weighted by molar-refractivity contribution is 7.15. The van der Waals surface area contributed by atoms with Gasteiger partial charge in [-0.25, -0.2) is 4.79 Å². The Labute approximate surface area is 117 Å². The second-order valence-corrected chi connectivity index (χ2v) is 4.95. The van der Waals surface area contributed by atoms with Crippen LogP contribution in [0.25, 0.3) is 0 Å². The molecule has 1 heterocycles. The monoisotopic (exact) mass is 290 g/mol. The second-order valence-electron chi connectivity index (χ2n) is 3.86. The van der Waals surface area contributed by atoms with Gasteiger partial charge in [0.05, 0.1) is 4.88 Å². The van der Waals surface area contributed by atoms with Crippen LogP contribution in [0.3, 0.4) is 0 Å². The molecule has 0 radical (unpaired) electrons. The summed E-state index contributed by atoms with van der Waals surface area (Å²) in [6.07, 6.45) is 0. The second kappa shape index (κ2) is 5.54. The maximum absolute atomic E-state index is 11.9. The van der Waals surface area contributed by atoms with E-state index in [-0.39, 0.29) is 4.88 Å². The number of aromatic carboxylic acids is 1. The van der Waals surface area contributed by atoms with Gasteiger partial charge in [0.1, 0.15) is 4.88 Å². The van der Waals surface area contributed by atoms with E-state index in [0.717, 1.165) is 11.3 Å². The third-order valence-corrected chi connectivity index (χ3v) is 3.54. The quantitative estimate of drug-likeness (QED) is 0.797. The predicted molar refractivity (Wildman–Crippen MR) is 74.2 cm³/mol. The van der Waals surface area contributed by atoms with Crippen molar-refractivity contribution in [2.24, 2.45) is 5.73 Å². The molecule has 0 fully saturated rings. The maximum Gasteiger partial charge on any atom is 0.345 e. The number of anilines is 1. The van der Waals surface area contributed by atoms with Crippen LogP contribution < -0.4 is 11.1 Å². The number of thiophene rings is 1. The summed E-state index contributed by atoms with van der Waals surface area (Å²) < 4.78 is 0. The molecule has 0 spiro atoms. The summed E-state index contributed by atoms with van der Waals surface area (Å²) in [6.45, 7) is 0. The normalized spacial score (nSPS) is 10.0. The average Bonchev–Trinajstić information content (AvgIpc) is 2.89. The van der Waals surface area contributed by atoms with Crippen molar-refractivity contribution in [2.45, 2.75) is 0 Å². The Bertz CT molecular complexity index is 676. The Hall–Kier alpha value is -2.67. The van der Waals surface area contributed by atoms with E-state index < -0.39 is 17.8 Å². The van der Waals surface area contributed by atoms with Crippen molar-refractivity contribution in [1.82, 2.24) is 0 Å². The third-order valence-electron chi connectivity index (χ3n) is 2.47. The number of carboxylic acids is 1. The lowest BCUT2D eigenvalue weighted by molar-refractivity contribution is 0.0701. The van der Waals surface area contributed by atoms with Crippen LogP contribution in [-0.4, -0.2) is 22.9 Å². The van der Waals surface area contributed by atoms with E-state index in [9.17, 15) is 14.4 Å². The number of benzene rings is 1. The van der Waals surface area contributed by atoms with Crippen molar-refractivity contribution in [3.8, 4) is 0 Å². The number of rotatable bonds is 4. The minimum atomic E-state index is -1.07. The fourth-order valence-corrected chi connectivity index (χ4v) is 2.23. The van der Waals surface area contributed by atoms with Crippen molar-refractivity contribution in [3.63, 3.8) is 0 Å².